The van der Waals surface area contributed by atoms with Gasteiger partial charge in [0.25, 0.3) is 9.84 Å². The van der Waals surface area contributed by atoms with Gasteiger partial charge in [-0.1, -0.05) is 12.1 Å². The van der Waals surface area contributed by atoms with Gasteiger partial charge in [-0.05, 0) is 52.3 Å². The van der Waals surface area contributed by atoms with Crippen molar-refractivity contribution in [3.05, 3.63) is 24.3 Å². The van der Waals surface area contributed by atoms with E-state index in [-0.39, 0.29) is 4.90 Å². The third-order valence-corrected chi connectivity index (χ3v) is 7.32. The lowest BCUT2D eigenvalue weighted by molar-refractivity contribution is 0.00578. The van der Waals surface area contributed by atoms with Crippen LogP contribution in [0.15, 0.2) is 29.2 Å². The van der Waals surface area contributed by atoms with Crippen LogP contribution in [0, 0.1) is 0 Å². The maximum Gasteiger partial charge on any atom is 0.494 e. The molecule has 0 bridgehead atoms. The molecule has 0 aliphatic carbocycles. The third kappa shape index (κ3) is 3.78. The highest BCUT2D eigenvalue weighted by Crippen LogP contribution is 2.36. The molecule has 2 saturated heterocycles. The lowest BCUT2D eigenvalue weighted by Gasteiger charge is -2.32. The maximum atomic E-state index is 12.7. The molecule has 0 atom stereocenters. The lowest BCUT2D eigenvalue weighted by Crippen LogP contribution is -2.48. The number of hydrogen-bond acceptors (Lipinski definition) is 6. The number of benzene rings is 1. The fraction of sp³-hybridized carbons (Fsp3) is 0.611. The summed E-state index contributed by atoms with van der Waals surface area (Å²) in [5.74, 6) is 0. The van der Waals surface area contributed by atoms with E-state index < -0.39 is 33.4 Å². The van der Waals surface area contributed by atoms with Crippen LogP contribution in [0.2, 0.25) is 0 Å². The molecule has 2 heterocycles. The van der Waals surface area contributed by atoms with E-state index in [9.17, 15) is 13.2 Å². The average Bonchev–Trinajstić information content (AvgIpc) is 2.83. The van der Waals surface area contributed by atoms with E-state index in [4.69, 9.17) is 9.31 Å². The molecule has 0 aromatic heterocycles. The van der Waals surface area contributed by atoms with E-state index in [2.05, 4.69) is 4.90 Å². The summed E-state index contributed by atoms with van der Waals surface area (Å²) in [4.78, 5) is 16.0. The van der Waals surface area contributed by atoms with Crippen molar-refractivity contribution in [3.8, 4) is 0 Å². The van der Waals surface area contributed by atoms with Gasteiger partial charge in [0.15, 0.2) is 0 Å². The van der Waals surface area contributed by atoms with Crippen LogP contribution >= 0.6 is 0 Å². The number of likely N-dealkylation sites (N-methyl/N-ethyl adjacent to an activating group) is 1. The van der Waals surface area contributed by atoms with Crippen LogP contribution < -0.4 is 5.46 Å². The van der Waals surface area contributed by atoms with E-state index in [1.54, 1.807) is 12.1 Å². The van der Waals surface area contributed by atoms with Gasteiger partial charge in [0.1, 0.15) is 0 Å². The van der Waals surface area contributed by atoms with Crippen molar-refractivity contribution >= 4 is 27.7 Å². The Hall–Kier alpha value is -1.42. The van der Waals surface area contributed by atoms with Gasteiger partial charge in [-0.2, -0.15) is 0 Å². The molecule has 1 amide bonds. The zero-order valence-corrected chi connectivity index (χ0v) is 17.4. The molecule has 2 aliphatic heterocycles. The van der Waals surface area contributed by atoms with Gasteiger partial charge in [-0.25, -0.2) is 8.42 Å². The standard InChI is InChI=1S/C18H27BN2O5S/c1-17(2)18(3,4)26-19(25-17)14-6-8-15(9-7-14)27(23,24)16(22)21-12-10-20(5)11-13-21/h6-9H,10-13H2,1-5H3. The SMILES string of the molecule is CN1CCN(C(=O)S(=O)(=O)c2ccc(B3OC(C)(C)C(C)(C)O3)cc2)CC1. The molecule has 2 aliphatic rings. The van der Waals surface area contributed by atoms with Crippen LogP contribution in [0.5, 0.6) is 0 Å². The zero-order valence-electron chi connectivity index (χ0n) is 16.6. The zero-order chi connectivity index (χ0) is 20.0. The molecule has 148 valence electrons. The molecule has 0 N–H and O–H groups in total. The fourth-order valence-electron chi connectivity index (χ4n) is 3.04. The van der Waals surface area contributed by atoms with Crippen molar-refractivity contribution in [2.24, 2.45) is 0 Å². The lowest BCUT2D eigenvalue weighted by atomic mass is 9.79. The van der Waals surface area contributed by atoms with E-state index in [0.29, 0.717) is 26.2 Å². The quantitative estimate of drug-likeness (QED) is 0.700. The Bertz CT molecular complexity index is 799. The average molecular weight is 394 g/mol. The van der Waals surface area contributed by atoms with Gasteiger partial charge in [0.2, 0.25) is 0 Å². The number of carbonyl (C=O) groups excluding carboxylic acids is 1. The second-order valence-corrected chi connectivity index (χ2v) is 10.0. The molecular formula is C18H27BN2O5S. The van der Waals surface area contributed by atoms with Crippen molar-refractivity contribution in [1.82, 2.24) is 9.80 Å². The van der Waals surface area contributed by atoms with Crippen molar-refractivity contribution in [3.63, 3.8) is 0 Å². The fourth-order valence-corrected chi connectivity index (χ4v) is 4.26. The third-order valence-electron chi connectivity index (χ3n) is 5.71. The first-order valence-electron chi connectivity index (χ1n) is 9.12. The first kappa shape index (κ1) is 20.3. The summed E-state index contributed by atoms with van der Waals surface area (Å²) in [5.41, 5.74) is -0.223. The number of rotatable bonds is 2. The highest BCUT2D eigenvalue weighted by atomic mass is 32.2. The molecule has 3 rings (SSSR count). The van der Waals surface area contributed by atoms with Crippen LogP contribution in [-0.2, 0) is 19.1 Å². The van der Waals surface area contributed by atoms with E-state index in [1.165, 1.54) is 17.0 Å². The summed E-state index contributed by atoms with van der Waals surface area (Å²) in [6, 6.07) is 6.19. The predicted octanol–water partition coefficient (Wildman–Crippen LogP) is 1.13. The van der Waals surface area contributed by atoms with Gasteiger partial charge in [-0.3, -0.25) is 4.79 Å². The van der Waals surface area contributed by atoms with Crippen LogP contribution in [0.1, 0.15) is 27.7 Å². The van der Waals surface area contributed by atoms with Crippen LogP contribution in [-0.4, -0.2) is 75.0 Å². The number of piperazine rings is 1. The Morgan fingerprint density at radius 1 is 0.963 bits per heavy atom. The summed E-state index contributed by atoms with van der Waals surface area (Å²) in [7, 11) is -2.68. The van der Waals surface area contributed by atoms with Crippen LogP contribution in [0.3, 0.4) is 0 Å². The van der Waals surface area contributed by atoms with Crippen molar-refractivity contribution < 1.29 is 22.5 Å². The Balaban J connectivity index is 1.76. The summed E-state index contributed by atoms with van der Waals surface area (Å²) in [6.45, 7) is 10.0. The largest absolute Gasteiger partial charge is 0.494 e. The van der Waals surface area contributed by atoms with Crippen molar-refractivity contribution in [1.29, 1.82) is 0 Å². The molecule has 2 fully saturated rings. The highest BCUT2D eigenvalue weighted by molar-refractivity contribution is 8.06. The second-order valence-electron chi connectivity index (χ2n) is 8.22. The van der Waals surface area contributed by atoms with Crippen molar-refractivity contribution in [2.45, 2.75) is 43.8 Å². The van der Waals surface area contributed by atoms with Gasteiger partial charge < -0.3 is 19.1 Å². The molecule has 27 heavy (non-hydrogen) atoms. The monoisotopic (exact) mass is 394 g/mol. The number of carbonyl (C=O) groups is 1. The number of nitrogens with zero attached hydrogens (tertiary/aromatic N) is 2. The van der Waals surface area contributed by atoms with Crippen LogP contribution in [0.25, 0.3) is 0 Å². The molecule has 1 aromatic carbocycles. The molecule has 0 saturated carbocycles. The van der Waals surface area contributed by atoms with Gasteiger partial charge in [0, 0.05) is 26.2 Å². The second kappa shape index (κ2) is 6.88. The van der Waals surface area contributed by atoms with Gasteiger partial charge in [-0.15, -0.1) is 0 Å². The minimum atomic E-state index is -4.06. The van der Waals surface area contributed by atoms with Crippen molar-refractivity contribution in [2.75, 3.05) is 33.2 Å². The van der Waals surface area contributed by atoms with E-state index in [1.807, 2.05) is 34.7 Å². The summed E-state index contributed by atoms with van der Waals surface area (Å²) in [5, 5.41) is -0.834. The highest BCUT2D eigenvalue weighted by Gasteiger charge is 2.51. The Kier molecular flexibility index (Phi) is 5.18. The van der Waals surface area contributed by atoms with Crippen LogP contribution in [0.4, 0.5) is 4.79 Å². The Morgan fingerprint density at radius 3 is 1.93 bits per heavy atom. The molecule has 0 spiro atoms. The van der Waals surface area contributed by atoms with Gasteiger partial charge >= 0.3 is 12.4 Å². The van der Waals surface area contributed by atoms with Gasteiger partial charge in [0.05, 0.1) is 16.1 Å². The minimum Gasteiger partial charge on any atom is -0.399 e. The maximum absolute atomic E-state index is 12.7. The normalized spacial score (nSPS) is 22.9. The summed E-state index contributed by atoms with van der Waals surface area (Å²) < 4.78 is 37.3. The minimum absolute atomic E-state index is 0.00769. The van der Waals surface area contributed by atoms with E-state index in [0.717, 1.165) is 5.46 Å². The smallest absolute Gasteiger partial charge is 0.399 e. The molecule has 0 unspecified atom stereocenters. The predicted molar refractivity (Wildman–Crippen MR) is 104 cm³/mol. The first-order valence-corrected chi connectivity index (χ1v) is 10.6. The molecule has 0 radical (unpaired) electrons. The molecule has 9 heteroatoms. The topological polar surface area (TPSA) is 76.2 Å². The molecule has 1 aromatic rings. The summed E-state index contributed by atoms with van der Waals surface area (Å²) in [6.07, 6.45) is 0. The van der Waals surface area contributed by atoms with E-state index >= 15 is 0 Å². The Labute approximate surface area is 161 Å². The number of amides is 1. The summed E-state index contributed by atoms with van der Waals surface area (Å²) >= 11 is 0. The number of sulfone groups is 1. The molecule has 7 nitrogen and oxygen atoms in total. The Morgan fingerprint density at radius 2 is 1.44 bits per heavy atom. The first-order chi connectivity index (χ1) is 12.4. The number of hydrogen-bond donors (Lipinski definition) is 0. The molecular weight excluding hydrogens is 367 g/mol.